The van der Waals surface area contributed by atoms with Crippen LogP contribution in [-0.2, 0) is 10.0 Å². The second-order valence-corrected chi connectivity index (χ2v) is 10.0. The molecule has 0 aliphatic carbocycles. The highest BCUT2D eigenvalue weighted by atomic mass is 32.2. The Labute approximate surface area is 189 Å². The van der Waals surface area contributed by atoms with E-state index in [1.54, 1.807) is 34.6 Å². The minimum atomic E-state index is -3.52. The first-order valence-electron chi connectivity index (χ1n) is 10.0. The first-order valence-corrected chi connectivity index (χ1v) is 12.3. The molecule has 0 atom stereocenters. The van der Waals surface area contributed by atoms with Gasteiger partial charge in [0, 0.05) is 41.7 Å². The Balaban J connectivity index is 1.47. The normalized spacial score (nSPS) is 15.1. The molecule has 9 nitrogen and oxygen atoms in total. The number of hydrogen-bond donors (Lipinski definition) is 1. The number of hydrazone groups is 1. The number of aromatic nitrogens is 1. The standard InChI is InChI=1S/C21H21N5O4S2/c27-26(28)18-8-4-6-16(12-18)14-22-24-21-23-20(15-31-21)17-7-5-9-19(13-17)32(29,30)25-10-2-1-3-11-25/h4-9,12-15H,1-3,10-11H2,(H,23,24). The summed E-state index contributed by atoms with van der Waals surface area (Å²) in [4.78, 5) is 15.1. The number of thiazole rings is 1. The van der Waals surface area contributed by atoms with E-state index in [9.17, 15) is 18.5 Å². The van der Waals surface area contributed by atoms with Gasteiger partial charge in [0.2, 0.25) is 15.2 Å². The van der Waals surface area contributed by atoms with Crippen molar-refractivity contribution in [3.8, 4) is 11.3 Å². The second-order valence-electron chi connectivity index (χ2n) is 7.25. The molecule has 3 aromatic rings. The Morgan fingerprint density at radius 1 is 1.12 bits per heavy atom. The monoisotopic (exact) mass is 471 g/mol. The van der Waals surface area contributed by atoms with E-state index in [1.807, 2.05) is 11.4 Å². The van der Waals surface area contributed by atoms with Crippen LogP contribution in [0.1, 0.15) is 24.8 Å². The van der Waals surface area contributed by atoms with E-state index in [0.29, 0.717) is 35.0 Å². The fourth-order valence-electron chi connectivity index (χ4n) is 3.41. The fraction of sp³-hybridized carbons (Fsp3) is 0.238. The molecule has 0 saturated carbocycles. The summed E-state index contributed by atoms with van der Waals surface area (Å²) in [5, 5.41) is 17.3. The Kier molecular flexibility index (Phi) is 6.58. The summed E-state index contributed by atoms with van der Waals surface area (Å²) in [5.74, 6) is 0. The van der Waals surface area contributed by atoms with Gasteiger partial charge in [-0.15, -0.1) is 11.3 Å². The molecule has 1 aliphatic heterocycles. The number of rotatable bonds is 7. The second kappa shape index (κ2) is 9.55. The predicted octanol–water partition coefficient (Wildman–Crippen LogP) is 4.34. The maximum absolute atomic E-state index is 13.0. The van der Waals surface area contributed by atoms with Gasteiger partial charge in [-0.2, -0.15) is 9.41 Å². The van der Waals surface area contributed by atoms with Crippen LogP contribution in [0.15, 0.2) is 63.9 Å². The molecule has 4 rings (SSSR count). The van der Waals surface area contributed by atoms with Crippen molar-refractivity contribution < 1.29 is 13.3 Å². The predicted molar refractivity (Wildman–Crippen MR) is 124 cm³/mol. The van der Waals surface area contributed by atoms with E-state index < -0.39 is 14.9 Å². The van der Waals surface area contributed by atoms with Crippen LogP contribution in [0.2, 0.25) is 0 Å². The molecule has 1 aliphatic rings. The van der Waals surface area contributed by atoms with E-state index >= 15 is 0 Å². The topological polar surface area (TPSA) is 118 Å². The van der Waals surface area contributed by atoms with Crippen molar-refractivity contribution in [1.29, 1.82) is 0 Å². The molecular weight excluding hydrogens is 450 g/mol. The highest BCUT2D eigenvalue weighted by Gasteiger charge is 2.26. The average molecular weight is 472 g/mol. The van der Waals surface area contributed by atoms with Gasteiger partial charge in [0.05, 0.1) is 21.7 Å². The molecule has 32 heavy (non-hydrogen) atoms. The summed E-state index contributed by atoms with van der Waals surface area (Å²) in [7, 11) is -3.52. The summed E-state index contributed by atoms with van der Waals surface area (Å²) in [6.45, 7) is 1.11. The molecule has 1 aromatic heterocycles. The van der Waals surface area contributed by atoms with Gasteiger partial charge in [-0.25, -0.2) is 13.4 Å². The molecule has 2 heterocycles. The highest BCUT2D eigenvalue weighted by molar-refractivity contribution is 7.89. The zero-order valence-electron chi connectivity index (χ0n) is 17.0. The van der Waals surface area contributed by atoms with Gasteiger partial charge in [0.25, 0.3) is 5.69 Å². The molecule has 1 N–H and O–H groups in total. The summed E-state index contributed by atoms with van der Waals surface area (Å²) < 4.78 is 27.5. The molecule has 166 valence electrons. The molecule has 0 unspecified atom stereocenters. The fourth-order valence-corrected chi connectivity index (χ4v) is 5.64. The average Bonchev–Trinajstić information content (AvgIpc) is 3.29. The van der Waals surface area contributed by atoms with Gasteiger partial charge in [-0.05, 0) is 25.0 Å². The molecule has 1 fully saturated rings. The number of sulfonamides is 1. The van der Waals surface area contributed by atoms with E-state index in [1.165, 1.54) is 29.7 Å². The zero-order chi connectivity index (χ0) is 22.6. The number of nitro benzene ring substituents is 1. The number of benzene rings is 2. The lowest BCUT2D eigenvalue weighted by molar-refractivity contribution is -0.384. The highest BCUT2D eigenvalue weighted by Crippen LogP contribution is 2.28. The van der Waals surface area contributed by atoms with Gasteiger partial charge in [0.15, 0.2) is 0 Å². The van der Waals surface area contributed by atoms with Crippen LogP contribution in [-0.4, -0.2) is 41.9 Å². The molecule has 0 amide bonds. The molecule has 11 heteroatoms. The van der Waals surface area contributed by atoms with Gasteiger partial charge >= 0.3 is 0 Å². The number of non-ortho nitro benzene ring substituents is 1. The third-order valence-corrected chi connectivity index (χ3v) is 7.68. The molecule has 0 spiro atoms. The molecule has 0 radical (unpaired) electrons. The first-order chi connectivity index (χ1) is 15.4. The van der Waals surface area contributed by atoms with Crippen LogP contribution in [0.5, 0.6) is 0 Å². The maximum Gasteiger partial charge on any atom is 0.270 e. The zero-order valence-corrected chi connectivity index (χ0v) is 18.7. The Morgan fingerprint density at radius 2 is 1.91 bits per heavy atom. The van der Waals surface area contributed by atoms with E-state index in [2.05, 4.69) is 15.5 Å². The minimum absolute atomic E-state index is 0.00938. The maximum atomic E-state index is 13.0. The third-order valence-electron chi connectivity index (χ3n) is 5.04. The van der Waals surface area contributed by atoms with Crippen LogP contribution in [0, 0.1) is 10.1 Å². The number of nitrogens with one attached hydrogen (secondary N) is 1. The first kappa shape index (κ1) is 22.1. The molecule has 1 saturated heterocycles. The van der Waals surface area contributed by atoms with Crippen molar-refractivity contribution >= 4 is 38.4 Å². The number of anilines is 1. The molecule has 0 bridgehead atoms. The van der Waals surface area contributed by atoms with Gasteiger partial charge < -0.3 is 0 Å². The summed E-state index contributed by atoms with van der Waals surface area (Å²) in [5.41, 5.74) is 4.72. The smallest absolute Gasteiger partial charge is 0.258 e. The quantitative estimate of drug-likeness (QED) is 0.311. The number of hydrogen-bond acceptors (Lipinski definition) is 8. The summed E-state index contributed by atoms with van der Waals surface area (Å²) in [6, 6.07) is 12.9. The summed E-state index contributed by atoms with van der Waals surface area (Å²) >= 11 is 1.32. The third kappa shape index (κ3) is 5.01. The van der Waals surface area contributed by atoms with Crippen LogP contribution < -0.4 is 5.43 Å². The van der Waals surface area contributed by atoms with Crippen molar-refractivity contribution in [2.24, 2.45) is 5.10 Å². The number of piperidine rings is 1. The largest absolute Gasteiger partial charge is 0.270 e. The van der Waals surface area contributed by atoms with Crippen molar-refractivity contribution in [2.45, 2.75) is 24.2 Å². The van der Waals surface area contributed by atoms with E-state index in [-0.39, 0.29) is 10.6 Å². The Morgan fingerprint density at radius 3 is 2.69 bits per heavy atom. The van der Waals surface area contributed by atoms with Crippen LogP contribution in [0.3, 0.4) is 0 Å². The van der Waals surface area contributed by atoms with Crippen LogP contribution >= 0.6 is 11.3 Å². The van der Waals surface area contributed by atoms with Gasteiger partial charge in [-0.1, -0.05) is 30.7 Å². The van der Waals surface area contributed by atoms with Crippen LogP contribution in [0.4, 0.5) is 10.8 Å². The lowest BCUT2D eigenvalue weighted by Gasteiger charge is -2.26. The molecule has 2 aromatic carbocycles. The molecular formula is C21H21N5O4S2. The van der Waals surface area contributed by atoms with E-state index in [0.717, 1.165) is 19.3 Å². The lowest BCUT2D eigenvalue weighted by atomic mass is 10.2. The van der Waals surface area contributed by atoms with Gasteiger partial charge in [0.1, 0.15) is 0 Å². The number of nitro groups is 1. The summed E-state index contributed by atoms with van der Waals surface area (Å²) in [6.07, 6.45) is 4.30. The van der Waals surface area contributed by atoms with E-state index in [4.69, 9.17) is 0 Å². The lowest BCUT2D eigenvalue weighted by Crippen LogP contribution is -2.35. The Bertz CT molecular complexity index is 1250. The van der Waals surface area contributed by atoms with Crippen molar-refractivity contribution in [3.63, 3.8) is 0 Å². The van der Waals surface area contributed by atoms with Crippen molar-refractivity contribution in [1.82, 2.24) is 9.29 Å². The van der Waals surface area contributed by atoms with Gasteiger partial charge in [-0.3, -0.25) is 15.5 Å². The van der Waals surface area contributed by atoms with Crippen LogP contribution in [0.25, 0.3) is 11.3 Å². The Hall–Kier alpha value is -3.15. The SMILES string of the molecule is O=[N+]([O-])c1cccc(C=NNc2nc(-c3cccc(S(=O)(=O)N4CCCCC4)c3)cs2)c1. The minimum Gasteiger partial charge on any atom is -0.258 e. The van der Waals surface area contributed by atoms with Crippen molar-refractivity contribution in [2.75, 3.05) is 18.5 Å². The van der Waals surface area contributed by atoms with Crippen molar-refractivity contribution in [3.05, 3.63) is 69.6 Å². The number of nitrogens with zero attached hydrogens (tertiary/aromatic N) is 4.